The van der Waals surface area contributed by atoms with Gasteiger partial charge in [-0.25, -0.2) is 0 Å². The van der Waals surface area contributed by atoms with Crippen molar-refractivity contribution in [1.82, 2.24) is 5.32 Å². The fraction of sp³-hybridized carbons (Fsp3) is 0.308. The van der Waals surface area contributed by atoms with Crippen LogP contribution in [-0.2, 0) is 0 Å². The second kappa shape index (κ2) is 6.44. The van der Waals surface area contributed by atoms with Gasteiger partial charge in [0.05, 0.1) is 12.8 Å². The molecule has 1 amide bonds. The number of benzene rings is 1. The van der Waals surface area contributed by atoms with Crippen LogP contribution in [0.5, 0.6) is 5.75 Å². The number of ether oxygens (including phenoxy) is 1. The zero-order chi connectivity index (χ0) is 12.7. The van der Waals surface area contributed by atoms with Crippen molar-refractivity contribution in [3.05, 3.63) is 23.8 Å². The number of terminal acetylenes is 1. The van der Waals surface area contributed by atoms with Gasteiger partial charge < -0.3 is 15.8 Å². The molecule has 0 saturated carbocycles. The Bertz CT molecular complexity index is 436. The van der Waals surface area contributed by atoms with Crippen LogP contribution in [0.15, 0.2) is 18.2 Å². The van der Waals surface area contributed by atoms with Gasteiger partial charge in [0.25, 0.3) is 5.91 Å². The van der Waals surface area contributed by atoms with E-state index in [4.69, 9.17) is 16.9 Å². The summed E-state index contributed by atoms with van der Waals surface area (Å²) in [5.41, 5.74) is 6.68. The molecule has 0 aliphatic rings. The Morgan fingerprint density at radius 1 is 1.59 bits per heavy atom. The van der Waals surface area contributed by atoms with Gasteiger partial charge in [0.2, 0.25) is 0 Å². The monoisotopic (exact) mass is 232 g/mol. The molecule has 0 bridgehead atoms. The maximum absolute atomic E-state index is 11.7. The number of nitrogens with two attached hydrogens (primary N) is 1. The number of amides is 1. The van der Waals surface area contributed by atoms with Gasteiger partial charge in [-0.15, -0.1) is 12.3 Å². The van der Waals surface area contributed by atoms with Gasteiger partial charge in [-0.2, -0.15) is 0 Å². The van der Waals surface area contributed by atoms with Crippen molar-refractivity contribution < 1.29 is 9.53 Å². The summed E-state index contributed by atoms with van der Waals surface area (Å²) in [6.45, 7) is 0.564. The fourth-order valence-electron chi connectivity index (χ4n) is 1.37. The standard InChI is InChI=1S/C13H16N2O2/c1-3-4-5-8-15-13(16)10-6-7-12(17-2)11(14)9-10/h1,6-7,9H,4-5,8,14H2,2H3,(H,15,16). The third-order valence-corrected chi connectivity index (χ3v) is 2.28. The summed E-state index contributed by atoms with van der Waals surface area (Å²) in [5, 5.41) is 2.77. The molecule has 0 radical (unpaired) electrons. The van der Waals surface area contributed by atoms with Crippen LogP contribution >= 0.6 is 0 Å². The molecule has 0 aromatic heterocycles. The van der Waals surface area contributed by atoms with Crippen LogP contribution in [0.25, 0.3) is 0 Å². The summed E-state index contributed by atoms with van der Waals surface area (Å²) in [6, 6.07) is 4.94. The van der Waals surface area contributed by atoms with Gasteiger partial charge in [0.1, 0.15) is 5.75 Å². The highest BCUT2D eigenvalue weighted by molar-refractivity contribution is 5.95. The largest absolute Gasteiger partial charge is 0.495 e. The summed E-state index contributed by atoms with van der Waals surface area (Å²) in [5.74, 6) is 2.93. The van der Waals surface area contributed by atoms with Crippen LogP contribution in [0.3, 0.4) is 0 Å². The van der Waals surface area contributed by atoms with Crippen LogP contribution in [0.2, 0.25) is 0 Å². The van der Waals surface area contributed by atoms with Crippen LogP contribution < -0.4 is 15.8 Å². The topological polar surface area (TPSA) is 64.3 Å². The second-order valence-corrected chi connectivity index (χ2v) is 3.52. The van der Waals surface area contributed by atoms with Crippen molar-refractivity contribution in [2.75, 3.05) is 19.4 Å². The first-order valence-electron chi connectivity index (χ1n) is 5.34. The molecule has 1 aromatic carbocycles. The maximum atomic E-state index is 11.7. The quantitative estimate of drug-likeness (QED) is 0.458. The number of nitrogen functional groups attached to an aromatic ring is 1. The highest BCUT2D eigenvalue weighted by Crippen LogP contribution is 2.21. The molecular formula is C13H16N2O2. The van der Waals surface area contributed by atoms with E-state index in [0.29, 0.717) is 30.0 Å². The first-order chi connectivity index (χ1) is 8.19. The summed E-state index contributed by atoms with van der Waals surface area (Å²) in [6.07, 6.45) is 6.54. The number of rotatable bonds is 5. The summed E-state index contributed by atoms with van der Waals surface area (Å²) >= 11 is 0. The number of methoxy groups -OCH3 is 1. The lowest BCUT2D eigenvalue weighted by Crippen LogP contribution is -2.24. The van der Waals surface area contributed by atoms with E-state index in [0.717, 1.165) is 6.42 Å². The van der Waals surface area contributed by atoms with Crippen molar-refractivity contribution in [3.8, 4) is 18.1 Å². The van der Waals surface area contributed by atoms with Gasteiger partial charge in [-0.1, -0.05) is 0 Å². The van der Waals surface area contributed by atoms with Crippen LogP contribution in [0.4, 0.5) is 5.69 Å². The zero-order valence-corrected chi connectivity index (χ0v) is 9.82. The van der Waals surface area contributed by atoms with E-state index in [1.807, 2.05) is 0 Å². The van der Waals surface area contributed by atoms with E-state index in [1.165, 1.54) is 7.11 Å². The summed E-state index contributed by atoms with van der Waals surface area (Å²) in [7, 11) is 1.53. The van der Waals surface area contributed by atoms with Crippen LogP contribution in [-0.4, -0.2) is 19.6 Å². The molecule has 3 N–H and O–H groups in total. The van der Waals surface area contributed by atoms with Crippen LogP contribution in [0, 0.1) is 12.3 Å². The Morgan fingerprint density at radius 3 is 2.94 bits per heavy atom. The van der Waals surface area contributed by atoms with E-state index in [-0.39, 0.29) is 5.91 Å². The highest BCUT2D eigenvalue weighted by Gasteiger charge is 2.07. The maximum Gasteiger partial charge on any atom is 0.251 e. The lowest BCUT2D eigenvalue weighted by molar-refractivity contribution is 0.0953. The predicted molar refractivity (Wildman–Crippen MR) is 67.8 cm³/mol. The van der Waals surface area contributed by atoms with E-state index in [2.05, 4.69) is 11.2 Å². The minimum absolute atomic E-state index is 0.156. The van der Waals surface area contributed by atoms with Gasteiger partial charge in [-0.3, -0.25) is 4.79 Å². The van der Waals surface area contributed by atoms with Crippen LogP contribution in [0.1, 0.15) is 23.2 Å². The minimum Gasteiger partial charge on any atom is -0.495 e. The molecular weight excluding hydrogens is 216 g/mol. The smallest absolute Gasteiger partial charge is 0.251 e. The van der Waals surface area contributed by atoms with Gasteiger partial charge >= 0.3 is 0 Å². The molecule has 1 aromatic rings. The SMILES string of the molecule is C#CCCCNC(=O)c1ccc(OC)c(N)c1. The molecule has 0 aliphatic heterocycles. The predicted octanol–water partition coefficient (Wildman–Crippen LogP) is 1.42. The normalized spacial score (nSPS) is 9.41. The number of nitrogens with one attached hydrogen (secondary N) is 1. The second-order valence-electron chi connectivity index (χ2n) is 3.52. The Hall–Kier alpha value is -2.15. The lowest BCUT2D eigenvalue weighted by atomic mass is 10.1. The van der Waals surface area contributed by atoms with Crippen molar-refractivity contribution in [2.24, 2.45) is 0 Å². The number of carbonyl (C=O) groups excluding carboxylic acids is 1. The average molecular weight is 232 g/mol. The number of unbranched alkanes of at least 4 members (excludes halogenated alkanes) is 1. The summed E-state index contributed by atoms with van der Waals surface area (Å²) in [4.78, 5) is 11.7. The van der Waals surface area contributed by atoms with Crippen molar-refractivity contribution in [2.45, 2.75) is 12.8 Å². The molecule has 0 heterocycles. The molecule has 1 rings (SSSR count). The first kappa shape index (κ1) is 12.9. The molecule has 17 heavy (non-hydrogen) atoms. The van der Waals surface area contributed by atoms with Gasteiger partial charge in [0, 0.05) is 18.5 Å². The van der Waals surface area contributed by atoms with E-state index in [1.54, 1.807) is 18.2 Å². The molecule has 0 atom stereocenters. The Kier molecular flexibility index (Phi) is 4.89. The van der Waals surface area contributed by atoms with Crippen molar-refractivity contribution in [1.29, 1.82) is 0 Å². The van der Waals surface area contributed by atoms with Crippen molar-refractivity contribution >= 4 is 11.6 Å². The molecule has 0 spiro atoms. The molecule has 0 aliphatic carbocycles. The number of carbonyl (C=O) groups is 1. The van der Waals surface area contributed by atoms with Gasteiger partial charge in [0.15, 0.2) is 0 Å². The van der Waals surface area contributed by atoms with Gasteiger partial charge in [-0.05, 0) is 24.6 Å². The third-order valence-electron chi connectivity index (χ3n) is 2.28. The Morgan fingerprint density at radius 2 is 2.35 bits per heavy atom. The molecule has 90 valence electrons. The van der Waals surface area contributed by atoms with E-state index < -0.39 is 0 Å². The molecule has 4 nitrogen and oxygen atoms in total. The Labute approximate surface area is 101 Å². The first-order valence-corrected chi connectivity index (χ1v) is 5.34. The zero-order valence-electron chi connectivity index (χ0n) is 9.82. The fourth-order valence-corrected chi connectivity index (χ4v) is 1.37. The lowest BCUT2D eigenvalue weighted by Gasteiger charge is -2.07. The number of hydrogen-bond donors (Lipinski definition) is 2. The minimum atomic E-state index is -0.156. The Balaban J connectivity index is 2.58. The number of anilines is 1. The average Bonchev–Trinajstić information content (AvgIpc) is 2.34. The highest BCUT2D eigenvalue weighted by atomic mass is 16.5. The molecule has 0 unspecified atom stereocenters. The molecule has 0 saturated heterocycles. The summed E-state index contributed by atoms with van der Waals surface area (Å²) < 4.78 is 5.01. The third kappa shape index (κ3) is 3.72. The molecule has 0 fully saturated rings. The van der Waals surface area contributed by atoms with E-state index >= 15 is 0 Å². The number of hydrogen-bond acceptors (Lipinski definition) is 3. The van der Waals surface area contributed by atoms with E-state index in [9.17, 15) is 4.79 Å². The van der Waals surface area contributed by atoms with Crippen molar-refractivity contribution in [3.63, 3.8) is 0 Å². The molecule has 4 heteroatoms.